The molecular formula is C15H20ClNO3. The van der Waals surface area contributed by atoms with Crippen molar-refractivity contribution >= 4 is 17.5 Å². The maximum absolute atomic E-state index is 12.5. The Bertz CT molecular complexity index is 506. The van der Waals surface area contributed by atoms with Gasteiger partial charge in [0.05, 0.1) is 12.2 Å². The summed E-state index contributed by atoms with van der Waals surface area (Å²) in [4.78, 5) is 14.3. The molecule has 0 radical (unpaired) electrons. The Balaban J connectivity index is 2.13. The van der Waals surface area contributed by atoms with Gasteiger partial charge in [0.25, 0.3) is 5.91 Å². The first-order valence-corrected chi connectivity index (χ1v) is 7.22. The zero-order chi connectivity index (χ0) is 14.8. The fourth-order valence-electron chi connectivity index (χ4n) is 2.58. The van der Waals surface area contributed by atoms with Gasteiger partial charge in [-0.2, -0.15) is 0 Å². The van der Waals surface area contributed by atoms with E-state index in [9.17, 15) is 15.0 Å². The Morgan fingerprint density at radius 2 is 2.15 bits per heavy atom. The summed E-state index contributed by atoms with van der Waals surface area (Å²) in [6, 6.07) is 5.23. The summed E-state index contributed by atoms with van der Waals surface area (Å²) < 4.78 is 0. The predicted molar refractivity (Wildman–Crippen MR) is 78.0 cm³/mol. The molecule has 1 saturated heterocycles. The fraction of sp³-hybridized carbons (Fsp3) is 0.533. The van der Waals surface area contributed by atoms with E-state index in [0.29, 0.717) is 42.9 Å². The Labute approximate surface area is 124 Å². The number of likely N-dealkylation sites (tertiary alicyclic amines) is 1. The second-order valence-corrected chi connectivity index (χ2v) is 5.92. The average molecular weight is 298 g/mol. The summed E-state index contributed by atoms with van der Waals surface area (Å²) in [6.45, 7) is 2.66. The van der Waals surface area contributed by atoms with Crippen LogP contribution in [0.25, 0.3) is 0 Å². The number of aryl methyl sites for hydroxylation is 1. The lowest BCUT2D eigenvalue weighted by atomic mass is 9.96. The van der Waals surface area contributed by atoms with Crippen molar-refractivity contribution in [2.24, 2.45) is 0 Å². The fourth-order valence-corrected chi connectivity index (χ4v) is 2.80. The van der Waals surface area contributed by atoms with Gasteiger partial charge in [0.2, 0.25) is 0 Å². The molecule has 0 unspecified atom stereocenters. The zero-order valence-electron chi connectivity index (χ0n) is 11.6. The van der Waals surface area contributed by atoms with Crippen LogP contribution in [0.4, 0.5) is 0 Å². The van der Waals surface area contributed by atoms with Crippen LogP contribution in [0, 0.1) is 6.92 Å². The number of carbonyl (C=O) groups excluding carboxylic acids is 1. The molecule has 0 aromatic heterocycles. The van der Waals surface area contributed by atoms with Crippen LogP contribution in [0.5, 0.6) is 0 Å². The molecule has 1 amide bonds. The van der Waals surface area contributed by atoms with Gasteiger partial charge in [0.15, 0.2) is 0 Å². The molecule has 5 heteroatoms. The summed E-state index contributed by atoms with van der Waals surface area (Å²) in [7, 11) is 0. The quantitative estimate of drug-likeness (QED) is 0.878. The van der Waals surface area contributed by atoms with Crippen molar-refractivity contribution in [1.29, 1.82) is 0 Å². The van der Waals surface area contributed by atoms with Crippen molar-refractivity contribution in [3.8, 4) is 0 Å². The first-order valence-electron chi connectivity index (χ1n) is 6.84. The standard InChI is InChI=1S/C15H20ClNO3/c1-11-9-12(16)3-4-13(11)14(19)17-7-2-5-15(20,10-18)6-8-17/h3-4,9,18,20H,2,5-8,10H2,1H3/t15-/m0/s1. The molecule has 0 bridgehead atoms. The lowest BCUT2D eigenvalue weighted by Gasteiger charge is -2.24. The molecule has 110 valence electrons. The van der Waals surface area contributed by atoms with Crippen molar-refractivity contribution in [2.75, 3.05) is 19.7 Å². The summed E-state index contributed by atoms with van der Waals surface area (Å²) in [6.07, 6.45) is 1.62. The van der Waals surface area contributed by atoms with Crippen LogP contribution in [0.3, 0.4) is 0 Å². The van der Waals surface area contributed by atoms with Crippen molar-refractivity contribution in [3.63, 3.8) is 0 Å². The molecule has 4 nitrogen and oxygen atoms in total. The van der Waals surface area contributed by atoms with E-state index in [1.165, 1.54) is 0 Å². The molecule has 2 N–H and O–H groups in total. The Morgan fingerprint density at radius 1 is 1.40 bits per heavy atom. The Hall–Kier alpha value is -1.10. The first-order chi connectivity index (χ1) is 9.45. The van der Waals surface area contributed by atoms with E-state index in [1.54, 1.807) is 23.1 Å². The van der Waals surface area contributed by atoms with Crippen LogP contribution >= 0.6 is 11.6 Å². The molecule has 1 atom stereocenters. The van der Waals surface area contributed by atoms with Gasteiger partial charge in [-0.15, -0.1) is 0 Å². The third-order valence-electron chi connectivity index (χ3n) is 3.92. The molecule has 0 saturated carbocycles. The van der Waals surface area contributed by atoms with Gasteiger partial charge in [0, 0.05) is 23.7 Å². The normalized spacial score (nSPS) is 23.5. The number of aliphatic hydroxyl groups excluding tert-OH is 1. The van der Waals surface area contributed by atoms with Gasteiger partial charge in [0.1, 0.15) is 0 Å². The minimum atomic E-state index is -1.05. The maximum atomic E-state index is 12.5. The number of carbonyl (C=O) groups is 1. The molecule has 1 fully saturated rings. The highest BCUT2D eigenvalue weighted by Gasteiger charge is 2.31. The topological polar surface area (TPSA) is 60.8 Å². The number of hydrogen-bond acceptors (Lipinski definition) is 3. The molecule has 20 heavy (non-hydrogen) atoms. The molecule has 0 spiro atoms. The van der Waals surface area contributed by atoms with E-state index in [2.05, 4.69) is 0 Å². The van der Waals surface area contributed by atoms with Crippen LogP contribution in [0.15, 0.2) is 18.2 Å². The molecule has 1 aromatic carbocycles. The number of aliphatic hydroxyl groups is 2. The first kappa shape index (κ1) is 15.3. The number of benzene rings is 1. The van der Waals surface area contributed by atoms with Crippen LogP contribution < -0.4 is 0 Å². The van der Waals surface area contributed by atoms with Crippen LogP contribution in [-0.4, -0.2) is 46.3 Å². The lowest BCUT2D eigenvalue weighted by molar-refractivity contribution is -0.0250. The number of halogens is 1. The van der Waals surface area contributed by atoms with Crippen molar-refractivity contribution in [3.05, 3.63) is 34.3 Å². The smallest absolute Gasteiger partial charge is 0.254 e. The molecule has 0 aliphatic carbocycles. The number of nitrogens with zero attached hydrogens (tertiary/aromatic N) is 1. The average Bonchev–Trinajstić information content (AvgIpc) is 2.61. The number of rotatable bonds is 2. The Morgan fingerprint density at radius 3 is 2.80 bits per heavy atom. The van der Waals surface area contributed by atoms with Crippen molar-refractivity contribution < 1.29 is 15.0 Å². The van der Waals surface area contributed by atoms with Gasteiger partial charge in [-0.05, 0) is 49.9 Å². The summed E-state index contributed by atoms with van der Waals surface area (Å²) in [5, 5.41) is 20.0. The van der Waals surface area contributed by atoms with Crippen LogP contribution in [0.1, 0.15) is 35.2 Å². The maximum Gasteiger partial charge on any atom is 0.254 e. The Kier molecular flexibility index (Phi) is 4.68. The van der Waals surface area contributed by atoms with Gasteiger partial charge in [-0.1, -0.05) is 11.6 Å². The number of hydrogen-bond donors (Lipinski definition) is 2. The van der Waals surface area contributed by atoms with Crippen LogP contribution in [-0.2, 0) is 0 Å². The van der Waals surface area contributed by atoms with E-state index >= 15 is 0 Å². The minimum absolute atomic E-state index is 0.0404. The molecule has 1 aliphatic heterocycles. The van der Waals surface area contributed by atoms with Gasteiger partial charge in [-0.25, -0.2) is 0 Å². The van der Waals surface area contributed by atoms with E-state index < -0.39 is 5.60 Å². The summed E-state index contributed by atoms with van der Waals surface area (Å²) in [5.74, 6) is -0.0404. The van der Waals surface area contributed by atoms with E-state index in [1.807, 2.05) is 6.92 Å². The second-order valence-electron chi connectivity index (χ2n) is 5.49. The van der Waals surface area contributed by atoms with Crippen LogP contribution in [0.2, 0.25) is 5.02 Å². The molecular weight excluding hydrogens is 278 g/mol. The van der Waals surface area contributed by atoms with Gasteiger partial charge >= 0.3 is 0 Å². The second kappa shape index (κ2) is 6.12. The highest BCUT2D eigenvalue weighted by atomic mass is 35.5. The number of amides is 1. The molecule has 2 rings (SSSR count). The highest BCUT2D eigenvalue weighted by Crippen LogP contribution is 2.24. The largest absolute Gasteiger partial charge is 0.393 e. The van der Waals surface area contributed by atoms with Gasteiger partial charge in [-0.3, -0.25) is 4.79 Å². The molecule has 1 aliphatic rings. The third kappa shape index (κ3) is 3.32. The molecule has 1 aromatic rings. The van der Waals surface area contributed by atoms with E-state index in [-0.39, 0.29) is 12.5 Å². The summed E-state index contributed by atoms with van der Waals surface area (Å²) >= 11 is 5.90. The lowest BCUT2D eigenvalue weighted by Crippen LogP contribution is -2.36. The molecule has 1 heterocycles. The zero-order valence-corrected chi connectivity index (χ0v) is 12.4. The van der Waals surface area contributed by atoms with E-state index in [4.69, 9.17) is 11.6 Å². The monoisotopic (exact) mass is 297 g/mol. The highest BCUT2D eigenvalue weighted by molar-refractivity contribution is 6.30. The SMILES string of the molecule is Cc1cc(Cl)ccc1C(=O)N1CCC[C@@](O)(CO)CC1. The van der Waals surface area contributed by atoms with Crippen molar-refractivity contribution in [1.82, 2.24) is 4.90 Å². The van der Waals surface area contributed by atoms with E-state index in [0.717, 1.165) is 5.56 Å². The predicted octanol–water partition coefficient (Wildman–Crippen LogP) is 2.00. The summed E-state index contributed by atoms with van der Waals surface area (Å²) in [5.41, 5.74) is 0.442. The third-order valence-corrected chi connectivity index (χ3v) is 4.15. The van der Waals surface area contributed by atoms with Crippen molar-refractivity contribution in [2.45, 2.75) is 31.8 Å². The minimum Gasteiger partial charge on any atom is -0.393 e. The van der Waals surface area contributed by atoms with Gasteiger partial charge < -0.3 is 15.1 Å².